The minimum absolute atomic E-state index is 0.0280. The van der Waals surface area contributed by atoms with Crippen molar-refractivity contribution in [3.8, 4) is 0 Å². The van der Waals surface area contributed by atoms with Crippen molar-refractivity contribution < 1.29 is 27.9 Å². The summed E-state index contributed by atoms with van der Waals surface area (Å²) in [4.78, 5) is 27.7. The van der Waals surface area contributed by atoms with Crippen LogP contribution in [0.4, 0.5) is 13.2 Å². The normalized spacial score (nSPS) is 23.6. The van der Waals surface area contributed by atoms with Crippen LogP contribution in [0.3, 0.4) is 0 Å². The number of carbonyl (C=O) groups excluding carboxylic acids is 2. The molecule has 1 atom stereocenters. The number of aliphatic hydroxyl groups excluding tert-OH is 1. The van der Waals surface area contributed by atoms with Gasteiger partial charge < -0.3 is 14.9 Å². The number of carbonyl (C=O) groups is 2. The predicted octanol–water partition coefficient (Wildman–Crippen LogP) is 1.94. The van der Waals surface area contributed by atoms with E-state index in [1.807, 2.05) is 0 Å². The van der Waals surface area contributed by atoms with Crippen molar-refractivity contribution in [1.82, 2.24) is 9.80 Å². The number of likely N-dealkylation sites (tertiary alicyclic amines) is 2. The summed E-state index contributed by atoms with van der Waals surface area (Å²) in [5.74, 6) is -5.17. The van der Waals surface area contributed by atoms with Crippen molar-refractivity contribution in [2.75, 3.05) is 32.8 Å². The number of nitrogens with zero attached hydrogens (tertiary/aromatic N) is 2. The van der Waals surface area contributed by atoms with Gasteiger partial charge in [-0.25, -0.2) is 13.2 Å². The molecule has 1 spiro atoms. The second-order valence-electron chi connectivity index (χ2n) is 7.09. The molecule has 0 unspecified atom stereocenters. The second-order valence-corrected chi connectivity index (χ2v) is 7.09. The van der Waals surface area contributed by atoms with Crippen molar-refractivity contribution in [3.05, 3.63) is 35.1 Å². The van der Waals surface area contributed by atoms with E-state index in [0.717, 1.165) is 18.6 Å². The molecule has 2 aliphatic rings. The van der Waals surface area contributed by atoms with Gasteiger partial charge in [0.05, 0.1) is 12.2 Å². The molecule has 3 rings (SSSR count). The average molecular weight is 370 g/mol. The number of piperidine rings is 2. The highest BCUT2D eigenvalue weighted by Crippen LogP contribution is 2.39. The predicted molar refractivity (Wildman–Crippen MR) is 86.8 cm³/mol. The summed E-state index contributed by atoms with van der Waals surface area (Å²) in [5.41, 5.74) is -0.800. The second kappa shape index (κ2) is 7.26. The summed E-state index contributed by atoms with van der Waals surface area (Å²) in [6.45, 7) is 1.25. The Morgan fingerprint density at radius 3 is 2.65 bits per heavy atom. The number of benzene rings is 1. The van der Waals surface area contributed by atoms with Crippen LogP contribution in [0, 0.1) is 22.9 Å². The molecule has 2 aliphatic heterocycles. The molecule has 1 N–H and O–H groups in total. The van der Waals surface area contributed by atoms with Crippen LogP contribution in [0.2, 0.25) is 0 Å². The van der Waals surface area contributed by atoms with E-state index in [2.05, 4.69) is 0 Å². The monoisotopic (exact) mass is 370 g/mol. The summed E-state index contributed by atoms with van der Waals surface area (Å²) >= 11 is 0. The van der Waals surface area contributed by atoms with Gasteiger partial charge in [0.25, 0.3) is 5.91 Å². The molecule has 1 aromatic carbocycles. The molecule has 2 saturated heterocycles. The lowest BCUT2D eigenvalue weighted by Gasteiger charge is -2.48. The fourth-order valence-corrected chi connectivity index (χ4v) is 4.00. The average Bonchev–Trinajstić information content (AvgIpc) is 2.63. The van der Waals surface area contributed by atoms with Gasteiger partial charge in [-0.15, -0.1) is 0 Å². The third-order valence-corrected chi connectivity index (χ3v) is 5.33. The van der Waals surface area contributed by atoms with Gasteiger partial charge in [0.2, 0.25) is 5.91 Å². The summed E-state index contributed by atoms with van der Waals surface area (Å²) in [7, 11) is 0. The zero-order valence-corrected chi connectivity index (χ0v) is 14.3. The Labute approximate surface area is 149 Å². The van der Waals surface area contributed by atoms with Crippen molar-refractivity contribution in [3.63, 3.8) is 0 Å². The van der Waals surface area contributed by atoms with Crippen LogP contribution in [0.1, 0.15) is 36.0 Å². The quantitative estimate of drug-likeness (QED) is 0.828. The maximum absolute atomic E-state index is 14.0. The van der Waals surface area contributed by atoms with Gasteiger partial charge in [-0.3, -0.25) is 9.59 Å². The van der Waals surface area contributed by atoms with E-state index in [4.69, 9.17) is 5.11 Å². The van der Waals surface area contributed by atoms with E-state index in [0.29, 0.717) is 38.9 Å². The number of hydrogen-bond donors (Lipinski definition) is 1. The maximum Gasteiger partial charge on any atom is 0.256 e. The molecular weight excluding hydrogens is 349 g/mol. The van der Waals surface area contributed by atoms with Gasteiger partial charge in [-0.1, -0.05) is 0 Å². The first kappa shape index (κ1) is 18.7. The first-order chi connectivity index (χ1) is 12.4. The third-order valence-electron chi connectivity index (χ3n) is 5.33. The van der Waals surface area contributed by atoms with Crippen LogP contribution in [0.5, 0.6) is 0 Å². The van der Waals surface area contributed by atoms with E-state index in [1.165, 1.54) is 4.90 Å². The standard InChI is InChI=1S/C18H21F3N2O3/c19-13-3-2-12(15(20)16(13)21)17(26)23-7-1-5-18(11-23)6-4-14(25)22(10-18)8-9-24/h2-3,24H,1,4-11H2/t18-/m0/s1. The summed E-state index contributed by atoms with van der Waals surface area (Å²) in [6, 6.07) is 1.70. The number of aliphatic hydroxyl groups is 1. The summed E-state index contributed by atoms with van der Waals surface area (Å²) < 4.78 is 40.5. The molecule has 5 nitrogen and oxygen atoms in total. The van der Waals surface area contributed by atoms with Crippen LogP contribution in [0.25, 0.3) is 0 Å². The molecular formula is C18H21F3N2O3. The SMILES string of the molecule is O=C1CC[C@@]2(CCCN(C(=O)c3ccc(F)c(F)c3F)C2)CN1CCO. The third kappa shape index (κ3) is 3.42. The van der Waals surface area contributed by atoms with E-state index >= 15 is 0 Å². The van der Waals surface area contributed by atoms with Crippen molar-refractivity contribution >= 4 is 11.8 Å². The van der Waals surface area contributed by atoms with E-state index in [1.54, 1.807) is 4.90 Å². The topological polar surface area (TPSA) is 60.9 Å². The zero-order valence-electron chi connectivity index (χ0n) is 14.3. The Morgan fingerprint density at radius 1 is 1.15 bits per heavy atom. The van der Waals surface area contributed by atoms with Crippen molar-refractivity contribution in [2.24, 2.45) is 5.41 Å². The fraction of sp³-hybridized carbons (Fsp3) is 0.556. The fourth-order valence-electron chi connectivity index (χ4n) is 4.00. The van der Waals surface area contributed by atoms with Gasteiger partial charge in [0.1, 0.15) is 0 Å². The Morgan fingerprint density at radius 2 is 1.92 bits per heavy atom. The molecule has 2 heterocycles. The highest BCUT2D eigenvalue weighted by atomic mass is 19.2. The van der Waals surface area contributed by atoms with Crippen LogP contribution < -0.4 is 0 Å². The van der Waals surface area contributed by atoms with Gasteiger partial charge in [0, 0.05) is 38.0 Å². The summed E-state index contributed by atoms with van der Waals surface area (Å²) in [6.07, 6.45) is 2.43. The number of rotatable bonds is 3. The van der Waals surface area contributed by atoms with Crippen molar-refractivity contribution in [1.29, 1.82) is 0 Å². The smallest absolute Gasteiger partial charge is 0.256 e. The molecule has 2 fully saturated rings. The Balaban J connectivity index is 1.79. The maximum atomic E-state index is 14.0. The molecule has 2 amide bonds. The van der Waals surface area contributed by atoms with Crippen molar-refractivity contribution in [2.45, 2.75) is 25.7 Å². The Hall–Kier alpha value is -2.09. The summed E-state index contributed by atoms with van der Waals surface area (Å²) in [5, 5.41) is 9.12. The minimum Gasteiger partial charge on any atom is -0.395 e. The highest BCUT2D eigenvalue weighted by Gasteiger charge is 2.43. The van der Waals surface area contributed by atoms with E-state index < -0.39 is 28.9 Å². The van der Waals surface area contributed by atoms with Crippen LogP contribution in [-0.4, -0.2) is 59.5 Å². The zero-order chi connectivity index (χ0) is 18.9. The van der Waals surface area contributed by atoms with Gasteiger partial charge in [-0.05, 0) is 31.4 Å². The first-order valence-electron chi connectivity index (χ1n) is 8.68. The Bertz CT molecular complexity index is 728. The molecule has 26 heavy (non-hydrogen) atoms. The van der Waals surface area contributed by atoms with Gasteiger partial charge in [0.15, 0.2) is 17.5 Å². The lowest BCUT2D eigenvalue weighted by atomic mass is 9.73. The lowest BCUT2D eigenvalue weighted by Crippen LogP contribution is -2.55. The van der Waals surface area contributed by atoms with Gasteiger partial charge >= 0.3 is 0 Å². The molecule has 142 valence electrons. The highest BCUT2D eigenvalue weighted by molar-refractivity contribution is 5.94. The van der Waals surface area contributed by atoms with Gasteiger partial charge in [-0.2, -0.15) is 0 Å². The number of β-amino-alcohol motifs (C(OH)–C–C–N with tert-alkyl or cyclic N) is 1. The van der Waals surface area contributed by atoms with E-state index in [-0.39, 0.29) is 24.5 Å². The molecule has 0 saturated carbocycles. The Kier molecular flexibility index (Phi) is 5.22. The molecule has 1 aromatic rings. The largest absolute Gasteiger partial charge is 0.395 e. The lowest BCUT2D eigenvalue weighted by molar-refractivity contribution is -0.139. The van der Waals surface area contributed by atoms with Crippen LogP contribution in [0.15, 0.2) is 12.1 Å². The molecule has 0 bridgehead atoms. The molecule has 8 heteroatoms. The van der Waals surface area contributed by atoms with Crippen LogP contribution in [-0.2, 0) is 4.79 Å². The number of halogens is 3. The first-order valence-corrected chi connectivity index (χ1v) is 8.68. The number of amides is 2. The molecule has 0 aromatic heterocycles. The number of hydrogen-bond acceptors (Lipinski definition) is 3. The molecule has 0 aliphatic carbocycles. The minimum atomic E-state index is -1.65. The van der Waals surface area contributed by atoms with Crippen LogP contribution >= 0.6 is 0 Å². The van der Waals surface area contributed by atoms with E-state index in [9.17, 15) is 22.8 Å². The molecule has 0 radical (unpaired) electrons.